The molecule has 5 rings (SSSR count). The minimum atomic E-state index is -0.322. The molecule has 2 aliphatic heterocycles. The van der Waals surface area contributed by atoms with Crippen molar-refractivity contribution in [3.63, 3.8) is 0 Å². The lowest BCUT2D eigenvalue weighted by atomic mass is 9.91. The van der Waals surface area contributed by atoms with Crippen LogP contribution in [0.3, 0.4) is 0 Å². The van der Waals surface area contributed by atoms with Crippen molar-refractivity contribution in [2.45, 2.75) is 12.8 Å². The van der Waals surface area contributed by atoms with Crippen molar-refractivity contribution in [2.24, 2.45) is 16.1 Å². The molecule has 1 fully saturated rings. The van der Waals surface area contributed by atoms with Gasteiger partial charge in [-0.05, 0) is 5.57 Å². The molecule has 2 amide bonds. The zero-order valence-corrected chi connectivity index (χ0v) is 18.1. The Morgan fingerprint density at radius 1 is 1.06 bits per heavy atom. The molecule has 9 heteroatoms. The maximum Gasteiger partial charge on any atom is 0.275 e. The molecule has 168 valence electrons. The first-order valence-corrected chi connectivity index (χ1v) is 11.1. The zero-order chi connectivity index (χ0) is 22.6. The maximum atomic E-state index is 12.7. The van der Waals surface area contributed by atoms with E-state index in [0.717, 1.165) is 29.9 Å². The lowest BCUT2D eigenvalue weighted by Crippen LogP contribution is -2.49. The molecular formula is C24H24N6O3. The van der Waals surface area contributed by atoms with Gasteiger partial charge in [-0.3, -0.25) is 14.5 Å². The van der Waals surface area contributed by atoms with Crippen LogP contribution in [0.15, 0.2) is 80.7 Å². The minimum absolute atomic E-state index is 0.0829. The highest BCUT2D eigenvalue weighted by Gasteiger charge is 2.29. The summed E-state index contributed by atoms with van der Waals surface area (Å²) in [5, 5.41) is 12.0. The SMILES string of the molecule is O=C1N=NC(CN2CCN(C(=O)CCc3nc(-c4ccccc4)no3)CC2)=C2C=CC=CC12. The molecule has 1 aromatic carbocycles. The Balaban J connectivity index is 1.11. The summed E-state index contributed by atoms with van der Waals surface area (Å²) in [7, 11) is 0. The van der Waals surface area contributed by atoms with Gasteiger partial charge in [0.05, 0.1) is 11.6 Å². The highest BCUT2D eigenvalue weighted by atomic mass is 16.5. The van der Waals surface area contributed by atoms with Crippen LogP contribution >= 0.6 is 0 Å². The first-order valence-electron chi connectivity index (χ1n) is 11.1. The van der Waals surface area contributed by atoms with E-state index in [1.807, 2.05) is 59.5 Å². The van der Waals surface area contributed by atoms with Crippen molar-refractivity contribution < 1.29 is 14.1 Å². The van der Waals surface area contributed by atoms with Gasteiger partial charge < -0.3 is 9.42 Å². The normalized spacial score (nSPS) is 20.4. The van der Waals surface area contributed by atoms with E-state index in [-0.39, 0.29) is 17.7 Å². The molecule has 0 spiro atoms. The number of aromatic nitrogens is 2. The number of nitrogens with zero attached hydrogens (tertiary/aromatic N) is 6. The number of fused-ring (bicyclic) bond motifs is 1. The van der Waals surface area contributed by atoms with Crippen molar-refractivity contribution in [1.29, 1.82) is 0 Å². The lowest BCUT2D eigenvalue weighted by Gasteiger charge is -2.35. The number of carbonyl (C=O) groups is 2. The zero-order valence-electron chi connectivity index (χ0n) is 18.1. The van der Waals surface area contributed by atoms with Crippen molar-refractivity contribution in [3.8, 4) is 11.4 Å². The quantitative estimate of drug-likeness (QED) is 0.679. The topological polar surface area (TPSA) is 104 Å². The smallest absolute Gasteiger partial charge is 0.275 e. The fourth-order valence-electron chi connectivity index (χ4n) is 4.19. The summed E-state index contributed by atoms with van der Waals surface area (Å²) in [6.07, 6.45) is 8.34. The second-order valence-electron chi connectivity index (χ2n) is 8.20. The Kier molecular flexibility index (Phi) is 6.03. The van der Waals surface area contributed by atoms with Crippen molar-refractivity contribution in [1.82, 2.24) is 19.9 Å². The van der Waals surface area contributed by atoms with Crippen LogP contribution in [-0.4, -0.2) is 64.5 Å². The van der Waals surface area contributed by atoms with E-state index in [1.54, 1.807) is 0 Å². The van der Waals surface area contributed by atoms with Crippen LogP contribution < -0.4 is 0 Å². The van der Waals surface area contributed by atoms with Crippen LogP contribution in [0.4, 0.5) is 0 Å². The maximum absolute atomic E-state index is 12.7. The molecule has 1 atom stereocenters. The number of amides is 2. The van der Waals surface area contributed by atoms with E-state index in [1.165, 1.54) is 0 Å². The van der Waals surface area contributed by atoms with Gasteiger partial charge >= 0.3 is 0 Å². The number of hydrogen-bond donors (Lipinski definition) is 0. The van der Waals surface area contributed by atoms with E-state index < -0.39 is 0 Å². The van der Waals surface area contributed by atoms with Gasteiger partial charge in [-0.1, -0.05) is 59.8 Å². The third-order valence-corrected chi connectivity index (χ3v) is 6.05. The molecule has 33 heavy (non-hydrogen) atoms. The van der Waals surface area contributed by atoms with E-state index in [0.29, 0.717) is 44.2 Å². The van der Waals surface area contributed by atoms with Crippen LogP contribution in [0.2, 0.25) is 0 Å². The summed E-state index contributed by atoms with van der Waals surface area (Å²) in [5.41, 5.74) is 2.63. The Morgan fingerprint density at radius 3 is 2.70 bits per heavy atom. The molecule has 0 saturated carbocycles. The van der Waals surface area contributed by atoms with Gasteiger partial charge in [-0.25, -0.2) is 0 Å². The van der Waals surface area contributed by atoms with Gasteiger partial charge in [-0.15, -0.1) is 5.11 Å². The molecular weight excluding hydrogens is 420 g/mol. The average molecular weight is 444 g/mol. The van der Waals surface area contributed by atoms with Gasteiger partial charge in [0, 0.05) is 51.1 Å². The van der Waals surface area contributed by atoms with E-state index in [4.69, 9.17) is 4.52 Å². The number of allylic oxidation sites excluding steroid dienone is 3. The van der Waals surface area contributed by atoms with E-state index in [2.05, 4.69) is 25.3 Å². The number of aryl methyl sites for hydroxylation is 1. The number of benzene rings is 1. The molecule has 0 N–H and O–H groups in total. The summed E-state index contributed by atoms with van der Waals surface area (Å²) >= 11 is 0. The Morgan fingerprint density at radius 2 is 1.88 bits per heavy atom. The van der Waals surface area contributed by atoms with E-state index in [9.17, 15) is 9.59 Å². The highest BCUT2D eigenvalue weighted by molar-refractivity contribution is 5.86. The Hall–Kier alpha value is -3.72. The minimum Gasteiger partial charge on any atom is -0.340 e. The third-order valence-electron chi connectivity index (χ3n) is 6.05. The third kappa shape index (κ3) is 4.73. The Labute approximate surface area is 191 Å². The number of hydrogen-bond acceptors (Lipinski definition) is 7. The van der Waals surface area contributed by atoms with Gasteiger partial charge in [0.2, 0.25) is 17.6 Å². The molecule has 3 aliphatic rings. The van der Waals surface area contributed by atoms with E-state index >= 15 is 0 Å². The molecule has 1 aliphatic carbocycles. The average Bonchev–Trinajstić information content (AvgIpc) is 3.35. The molecule has 1 saturated heterocycles. The fourth-order valence-corrected chi connectivity index (χ4v) is 4.19. The van der Waals surface area contributed by atoms with Gasteiger partial charge in [0.25, 0.3) is 5.91 Å². The summed E-state index contributed by atoms with van der Waals surface area (Å²) in [6, 6.07) is 9.61. The predicted octanol–water partition coefficient (Wildman–Crippen LogP) is 2.80. The standard InChI is InChI=1S/C24H24N6O3/c31-22(11-10-21-25-23(28-33-21)17-6-2-1-3-7-17)30-14-12-29(13-15-30)16-20-18-8-4-5-9-19(18)24(32)27-26-20/h1-9,19H,10-16H2. The van der Waals surface area contributed by atoms with Crippen LogP contribution in [0.5, 0.6) is 0 Å². The van der Waals surface area contributed by atoms with Gasteiger partial charge in [-0.2, -0.15) is 10.1 Å². The molecule has 0 radical (unpaired) electrons. The summed E-state index contributed by atoms with van der Waals surface area (Å²) in [6.45, 7) is 3.41. The van der Waals surface area contributed by atoms with Crippen molar-refractivity contribution in [3.05, 3.63) is 71.8 Å². The highest BCUT2D eigenvalue weighted by Crippen LogP contribution is 2.29. The number of rotatable bonds is 6. The van der Waals surface area contributed by atoms with Crippen molar-refractivity contribution in [2.75, 3.05) is 32.7 Å². The molecule has 3 heterocycles. The van der Waals surface area contributed by atoms with Crippen molar-refractivity contribution >= 4 is 11.8 Å². The second kappa shape index (κ2) is 9.41. The van der Waals surface area contributed by atoms with Crippen LogP contribution in [0.1, 0.15) is 12.3 Å². The first kappa shape index (κ1) is 21.1. The van der Waals surface area contributed by atoms with Crippen LogP contribution in [0, 0.1) is 5.92 Å². The number of azo groups is 1. The van der Waals surface area contributed by atoms with Gasteiger partial charge in [0.1, 0.15) is 0 Å². The second-order valence-corrected chi connectivity index (χ2v) is 8.20. The summed E-state index contributed by atoms with van der Waals surface area (Å²) in [4.78, 5) is 33.2. The fraction of sp³-hybridized carbons (Fsp3) is 0.333. The predicted molar refractivity (Wildman–Crippen MR) is 120 cm³/mol. The van der Waals surface area contributed by atoms with Crippen LogP contribution in [0.25, 0.3) is 11.4 Å². The molecule has 2 aromatic rings. The molecule has 1 aromatic heterocycles. The molecule has 9 nitrogen and oxygen atoms in total. The summed E-state index contributed by atoms with van der Waals surface area (Å²) in [5.74, 6) is 0.545. The van der Waals surface area contributed by atoms with Gasteiger partial charge in [0.15, 0.2) is 0 Å². The van der Waals surface area contributed by atoms with Crippen LogP contribution in [-0.2, 0) is 16.0 Å². The number of piperazine rings is 1. The Bertz CT molecular complexity index is 1160. The number of carbonyl (C=O) groups excluding carboxylic acids is 2. The largest absolute Gasteiger partial charge is 0.340 e. The first-order chi connectivity index (χ1) is 16.2. The molecule has 0 bridgehead atoms. The lowest BCUT2D eigenvalue weighted by molar-refractivity contribution is -0.133. The monoisotopic (exact) mass is 444 g/mol. The molecule has 1 unspecified atom stereocenters. The summed E-state index contributed by atoms with van der Waals surface area (Å²) < 4.78 is 5.31.